The van der Waals surface area contributed by atoms with Crippen molar-refractivity contribution in [3.63, 3.8) is 0 Å². The lowest BCUT2D eigenvalue weighted by Gasteiger charge is -2.10. The van der Waals surface area contributed by atoms with E-state index in [0.29, 0.717) is 24.2 Å². The number of hydrogen-bond acceptors (Lipinski definition) is 4. The van der Waals surface area contributed by atoms with Crippen LogP contribution in [0.2, 0.25) is 0 Å². The van der Waals surface area contributed by atoms with Crippen molar-refractivity contribution in [2.45, 2.75) is 12.8 Å². The lowest BCUT2D eigenvalue weighted by Crippen LogP contribution is -2.24. The number of amides is 1. The Morgan fingerprint density at radius 3 is 2.42 bits per heavy atom. The number of carbonyl (C=O) groups excluding carboxylic acids is 2. The summed E-state index contributed by atoms with van der Waals surface area (Å²) in [5, 5.41) is 6.00. The molecule has 0 aliphatic rings. The van der Waals surface area contributed by atoms with Crippen LogP contribution in [0.15, 0.2) is 54.6 Å². The van der Waals surface area contributed by atoms with Gasteiger partial charge in [0, 0.05) is 13.0 Å². The molecule has 0 saturated carbocycles. The van der Waals surface area contributed by atoms with Crippen LogP contribution in [0.1, 0.15) is 22.3 Å². The first-order valence-corrected chi connectivity index (χ1v) is 7.92. The Morgan fingerprint density at radius 1 is 0.958 bits per heavy atom. The van der Waals surface area contributed by atoms with E-state index in [1.165, 1.54) is 12.7 Å². The van der Waals surface area contributed by atoms with E-state index in [2.05, 4.69) is 22.8 Å². The predicted octanol–water partition coefficient (Wildman–Crippen LogP) is 2.63. The third-order valence-electron chi connectivity index (χ3n) is 3.57. The summed E-state index contributed by atoms with van der Waals surface area (Å²) < 4.78 is 4.71. The number of nitrogens with one attached hydrogen (secondary N) is 2. The van der Waals surface area contributed by atoms with Crippen molar-refractivity contribution in [1.82, 2.24) is 5.32 Å². The van der Waals surface area contributed by atoms with E-state index in [0.717, 1.165) is 13.0 Å². The molecule has 2 aromatic rings. The number of para-hydroxylation sites is 1. The number of anilines is 1. The molecule has 2 rings (SSSR count). The molecule has 0 spiro atoms. The molecule has 24 heavy (non-hydrogen) atoms. The lowest BCUT2D eigenvalue weighted by molar-refractivity contribution is -0.116. The second kappa shape index (κ2) is 9.47. The second-order valence-corrected chi connectivity index (χ2v) is 5.32. The average molecular weight is 326 g/mol. The molecular weight excluding hydrogens is 304 g/mol. The van der Waals surface area contributed by atoms with Crippen molar-refractivity contribution in [2.75, 3.05) is 25.5 Å². The average Bonchev–Trinajstić information content (AvgIpc) is 2.62. The van der Waals surface area contributed by atoms with Crippen LogP contribution in [0.5, 0.6) is 0 Å². The van der Waals surface area contributed by atoms with E-state index in [4.69, 9.17) is 4.74 Å². The van der Waals surface area contributed by atoms with Gasteiger partial charge in [0.1, 0.15) is 0 Å². The Hall–Kier alpha value is -2.66. The van der Waals surface area contributed by atoms with Crippen LogP contribution in [0.4, 0.5) is 5.69 Å². The summed E-state index contributed by atoms with van der Waals surface area (Å²) in [6, 6.07) is 17.0. The molecule has 0 aliphatic heterocycles. The van der Waals surface area contributed by atoms with E-state index in [1.807, 2.05) is 18.2 Å². The zero-order valence-corrected chi connectivity index (χ0v) is 13.7. The van der Waals surface area contributed by atoms with Crippen LogP contribution in [0, 0.1) is 0 Å². The van der Waals surface area contributed by atoms with Gasteiger partial charge in [-0.2, -0.15) is 0 Å². The molecular formula is C19H22N2O3. The van der Waals surface area contributed by atoms with Crippen LogP contribution in [-0.4, -0.2) is 32.1 Å². The van der Waals surface area contributed by atoms with Crippen molar-refractivity contribution < 1.29 is 14.3 Å². The molecule has 0 unspecified atom stereocenters. The molecule has 0 fully saturated rings. The van der Waals surface area contributed by atoms with E-state index in [9.17, 15) is 9.59 Å². The molecule has 1 amide bonds. The highest BCUT2D eigenvalue weighted by Crippen LogP contribution is 2.16. The van der Waals surface area contributed by atoms with Crippen LogP contribution in [-0.2, 0) is 16.0 Å². The Labute approximate surface area is 142 Å². The number of rotatable bonds is 8. The van der Waals surface area contributed by atoms with Gasteiger partial charge in [-0.1, -0.05) is 42.5 Å². The predicted molar refractivity (Wildman–Crippen MR) is 94.0 cm³/mol. The van der Waals surface area contributed by atoms with Crippen LogP contribution < -0.4 is 10.6 Å². The fourth-order valence-corrected chi connectivity index (χ4v) is 2.30. The van der Waals surface area contributed by atoms with Crippen molar-refractivity contribution in [3.8, 4) is 0 Å². The Bertz CT molecular complexity index is 671. The number of benzene rings is 2. The van der Waals surface area contributed by atoms with Gasteiger partial charge in [-0.05, 0) is 30.7 Å². The zero-order valence-electron chi connectivity index (χ0n) is 13.7. The van der Waals surface area contributed by atoms with Gasteiger partial charge >= 0.3 is 5.97 Å². The topological polar surface area (TPSA) is 67.4 Å². The van der Waals surface area contributed by atoms with Crippen LogP contribution in [0.25, 0.3) is 0 Å². The summed E-state index contributed by atoms with van der Waals surface area (Å²) in [6.07, 6.45) is 1.26. The third kappa shape index (κ3) is 5.52. The normalized spacial score (nSPS) is 10.2. The second-order valence-electron chi connectivity index (χ2n) is 5.32. The van der Waals surface area contributed by atoms with Gasteiger partial charge < -0.3 is 15.4 Å². The minimum Gasteiger partial charge on any atom is -0.465 e. The summed E-state index contributed by atoms with van der Waals surface area (Å²) in [7, 11) is 1.32. The molecule has 0 atom stereocenters. The van der Waals surface area contributed by atoms with Crippen molar-refractivity contribution in [2.24, 2.45) is 0 Å². The molecule has 0 bridgehead atoms. The maximum absolute atomic E-state index is 12.0. The van der Waals surface area contributed by atoms with Gasteiger partial charge in [0.25, 0.3) is 0 Å². The van der Waals surface area contributed by atoms with E-state index < -0.39 is 5.97 Å². The summed E-state index contributed by atoms with van der Waals surface area (Å²) in [5.41, 5.74) is 2.09. The van der Waals surface area contributed by atoms with E-state index in [1.54, 1.807) is 24.3 Å². The summed E-state index contributed by atoms with van der Waals surface area (Å²) in [4.78, 5) is 23.7. The van der Waals surface area contributed by atoms with E-state index >= 15 is 0 Å². The number of carbonyl (C=O) groups is 2. The highest BCUT2D eigenvalue weighted by molar-refractivity contribution is 6.01. The number of esters is 1. The molecule has 0 heterocycles. The monoisotopic (exact) mass is 326 g/mol. The number of ether oxygens (including phenoxy) is 1. The van der Waals surface area contributed by atoms with Crippen molar-refractivity contribution in [1.29, 1.82) is 0 Å². The molecule has 2 N–H and O–H groups in total. The maximum Gasteiger partial charge on any atom is 0.339 e. The first-order chi connectivity index (χ1) is 11.7. The first-order valence-electron chi connectivity index (χ1n) is 7.92. The van der Waals surface area contributed by atoms with Gasteiger partial charge in [0.2, 0.25) is 5.91 Å². The standard InChI is InChI=1S/C19H22N2O3/c1-24-19(23)16-9-5-6-10-17(16)21-18(22)12-14-20-13-11-15-7-3-2-4-8-15/h2-10,20H,11-14H2,1H3,(H,21,22). The first kappa shape index (κ1) is 17.7. The largest absolute Gasteiger partial charge is 0.465 e. The SMILES string of the molecule is COC(=O)c1ccccc1NC(=O)CCNCCc1ccccc1. The minimum absolute atomic E-state index is 0.140. The molecule has 0 radical (unpaired) electrons. The van der Waals surface area contributed by atoms with Gasteiger partial charge in [0.05, 0.1) is 18.4 Å². The van der Waals surface area contributed by atoms with Gasteiger partial charge in [0.15, 0.2) is 0 Å². The molecule has 0 saturated heterocycles. The molecule has 126 valence electrons. The molecule has 5 heteroatoms. The highest BCUT2D eigenvalue weighted by Gasteiger charge is 2.12. The fraction of sp³-hybridized carbons (Fsp3) is 0.263. The Morgan fingerprint density at radius 2 is 1.67 bits per heavy atom. The Balaban J connectivity index is 1.73. The van der Waals surface area contributed by atoms with Crippen molar-refractivity contribution in [3.05, 3.63) is 65.7 Å². The molecule has 2 aromatic carbocycles. The fourth-order valence-electron chi connectivity index (χ4n) is 2.30. The quantitative estimate of drug-likeness (QED) is 0.578. The molecule has 5 nitrogen and oxygen atoms in total. The third-order valence-corrected chi connectivity index (χ3v) is 3.57. The Kier molecular flexibility index (Phi) is 6.98. The van der Waals surface area contributed by atoms with Gasteiger partial charge in [-0.25, -0.2) is 4.79 Å². The summed E-state index contributed by atoms with van der Waals surface area (Å²) in [5.74, 6) is -0.606. The molecule has 0 aromatic heterocycles. The van der Waals surface area contributed by atoms with E-state index in [-0.39, 0.29) is 5.91 Å². The highest BCUT2D eigenvalue weighted by atomic mass is 16.5. The van der Waals surface area contributed by atoms with Crippen molar-refractivity contribution >= 4 is 17.6 Å². The molecule has 0 aliphatic carbocycles. The van der Waals surface area contributed by atoms with Gasteiger partial charge in [-0.3, -0.25) is 4.79 Å². The summed E-state index contributed by atoms with van der Waals surface area (Å²) >= 11 is 0. The number of methoxy groups -OCH3 is 1. The van der Waals surface area contributed by atoms with Crippen LogP contribution in [0.3, 0.4) is 0 Å². The minimum atomic E-state index is -0.466. The smallest absolute Gasteiger partial charge is 0.339 e. The summed E-state index contributed by atoms with van der Waals surface area (Å²) in [6.45, 7) is 1.40. The maximum atomic E-state index is 12.0. The number of hydrogen-bond donors (Lipinski definition) is 2. The van der Waals surface area contributed by atoms with Crippen LogP contribution >= 0.6 is 0 Å². The van der Waals surface area contributed by atoms with Gasteiger partial charge in [-0.15, -0.1) is 0 Å². The lowest BCUT2D eigenvalue weighted by atomic mass is 10.1. The zero-order chi connectivity index (χ0) is 17.2.